The highest BCUT2D eigenvalue weighted by molar-refractivity contribution is 6.32. The van der Waals surface area contributed by atoms with E-state index in [9.17, 15) is 9.90 Å². The van der Waals surface area contributed by atoms with Crippen molar-refractivity contribution < 1.29 is 28.5 Å². The summed E-state index contributed by atoms with van der Waals surface area (Å²) in [7, 11) is 1.25. The van der Waals surface area contributed by atoms with Gasteiger partial charge in [-0.05, 0) is 29.8 Å². The van der Waals surface area contributed by atoms with Crippen LogP contribution in [0, 0.1) is 0 Å². The number of benzene rings is 1. The van der Waals surface area contributed by atoms with E-state index in [1.54, 1.807) is 12.1 Å². The number of halogens is 1. The van der Waals surface area contributed by atoms with Gasteiger partial charge in [-0.25, -0.2) is 4.79 Å². The minimum Gasteiger partial charge on any atom is -0.463 e. The van der Waals surface area contributed by atoms with Crippen LogP contribution in [0.4, 0.5) is 0 Å². The molecule has 0 saturated carbocycles. The van der Waals surface area contributed by atoms with Gasteiger partial charge in [0.1, 0.15) is 11.9 Å². The number of esters is 1. The Labute approximate surface area is 124 Å². The van der Waals surface area contributed by atoms with Crippen LogP contribution in [0.2, 0.25) is 5.02 Å². The normalized spacial score (nSPS) is 14.0. The van der Waals surface area contributed by atoms with Gasteiger partial charge >= 0.3 is 5.97 Å². The Morgan fingerprint density at radius 2 is 2.19 bits per heavy atom. The van der Waals surface area contributed by atoms with Crippen LogP contribution in [0.5, 0.6) is 11.5 Å². The summed E-state index contributed by atoms with van der Waals surface area (Å²) in [5.41, 5.74) is 0.468. The first-order valence-corrected chi connectivity index (χ1v) is 6.43. The van der Waals surface area contributed by atoms with E-state index in [0.717, 1.165) is 0 Å². The molecule has 0 saturated heterocycles. The highest BCUT2D eigenvalue weighted by Crippen LogP contribution is 2.42. The van der Waals surface area contributed by atoms with E-state index in [0.29, 0.717) is 22.1 Å². The van der Waals surface area contributed by atoms with Crippen molar-refractivity contribution in [2.24, 2.45) is 0 Å². The summed E-state index contributed by atoms with van der Waals surface area (Å²) in [4.78, 5) is 11.3. The van der Waals surface area contributed by atoms with E-state index in [2.05, 4.69) is 4.74 Å². The lowest BCUT2D eigenvalue weighted by Gasteiger charge is -2.10. The van der Waals surface area contributed by atoms with Crippen molar-refractivity contribution in [3.63, 3.8) is 0 Å². The summed E-state index contributed by atoms with van der Waals surface area (Å²) in [6, 6.07) is 6.09. The van der Waals surface area contributed by atoms with Crippen LogP contribution in [0.1, 0.15) is 28.0 Å². The van der Waals surface area contributed by atoms with Gasteiger partial charge in [-0.1, -0.05) is 11.6 Å². The van der Waals surface area contributed by atoms with E-state index < -0.39 is 12.1 Å². The van der Waals surface area contributed by atoms with Crippen molar-refractivity contribution in [3.8, 4) is 11.5 Å². The summed E-state index contributed by atoms with van der Waals surface area (Å²) >= 11 is 6.06. The van der Waals surface area contributed by atoms with Crippen LogP contribution in [-0.4, -0.2) is 25.0 Å². The zero-order valence-electron chi connectivity index (χ0n) is 11.0. The molecule has 1 unspecified atom stereocenters. The highest BCUT2D eigenvalue weighted by atomic mass is 35.5. The minimum atomic E-state index is -1.09. The lowest BCUT2D eigenvalue weighted by atomic mass is 10.1. The molecule has 1 aliphatic heterocycles. The number of furan rings is 1. The number of aliphatic hydroxyl groups excluding tert-OH is 1. The lowest BCUT2D eigenvalue weighted by Crippen LogP contribution is -2.00. The van der Waals surface area contributed by atoms with Crippen LogP contribution in [0.3, 0.4) is 0 Å². The smallest absolute Gasteiger partial charge is 0.373 e. The third-order valence-corrected chi connectivity index (χ3v) is 3.33. The topological polar surface area (TPSA) is 78.1 Å². The Morgan fingerprint density at radius 3 is 2.95 bits per heavy atom. The first-order chi connectivity index (χ1) is 10.1. The molecule has 2 heterocycles. The molecule has 110 valence electrons. The largest absolute Gasteiger partial charge is 0.463 e. The zero-order valence-corrected chi connectivity index (χ0v) is 11.7. The Bertz CT molecular complexity index is 693. The van der Waals surface area contributed by atoms with Crippen LogP contribution in [0.15, 0.2) is 28.7 Å². The van der Waals surface area contributed by atoms with E-state index in [1.165, 1.54) is 19.2 Å². The molecule has 0 bridgehead atoms. The van der Waals surface area contributed by atoms with Gasteiger partial charge in [0.15, 0.2) is 11.5 Å². The molecule has 1 atom stereocenters. The van der Waals surface area contributed by atoms with Gasteiger partial charge in [0.05, 0.1) is 12.1 Å². The first kappa shape index (κ1) is 13.8. The lowest BCUT2D eigenvalue weighted by molar-refractivity contribution is 0.0558. The molecule has 0 radical (unpaired) electrons. The fourth-order valence-electron chi connectivity index (χ4n) is 2.02. The summed E-state index contributed by atoms with van der Waals surface area (Å²) in [5.74, 6) is 0.500. The molecular weight excluding hydrogens is 300 g/mol. The Balaban J connectivity index is 1.92. The number of fused-ring (bicyclic) bond motifs is 1. The average Bonchev–Trinajstić information content (AvgIpc) is 3.14. The zero-order chi connectivity index (χ0) is 15.0. The van der Waals surface area contributed by atoms with Crippen molar-refractivity contribution in [3.05, 3.63) is 46.4 Å². The molecule has 0 spiro atoms. The van der Waals surface area contributed by atoms with Crippen molar-refractivity contribution in [1.82, 2.24) is 0 Å². The highest BCUT2D eigenvalue weighted by Gasteiger charge is 2.24. The Hall–Kier alpha value is -2.18. The first-order valence-electron chi connectivity index (χ1n) is 6.05. The van der Waals surface area contributed by atoms with Crippen molar-refractivity contribution in [2.75, 3.05) is 13.9 Å². The molecule has 6 nitrogen and oxygen atoms in total. The summed E-state index contributed by atoms with van der Waals surface area (Å²) in [5, 5.41) is 10.6. The van der Waals surface area contributed by atoms with Gasteiger partial charge in [-0.2, -0.15) is 0 Å². The monoisotopic (exact) mass is 310 g/mol. The van der Waals surface area contributed by atoms with Gasteiger partial charge < -0.3 is 23.7 Å². The fraction of sp³-hybridized carbons (Fsp3) is 0.214. The third-order valence-electron chi connectivity index (χ3n) is 3.05. The maximum atomic E-state index is 11.3. The van der Waals surface area contributed by atoms with Gasteiger partial charge in [0.2, 0.25) is 12.6 Å². The van der Waals surface area contributed by atoms with E-state index in [1.807, 2.05) is 0 Å². The van der Waals surface area contributed by atoms with E-state index in [-0.39, 0.29) is 18.3 Å². The molecule has 2 aromatic rings. The Kier molecular flexibility index (Phi) is 3.48. The number of hydrogen-bond acceptors (Lipinski definition) is 6. The molecule has 1 N–H and O–H groups in total. The molecule has 7 heteroatoms. The summed E-state index contributed by atoms with van der Waals surface area (Å²) in [6.45, 7) is 0.0852. The third kappa shape index (κ3) is 2.43. The number of aliphatic hydroxyl groups is 1. The number of rotatable bonds is 3. The molecule has 0 amide bonds. The fourth-order valence-corrected chi connectivity index (χ4v) is 2.29. The molecule has 21 heavy (non-hydrogen) atoms. The molecule has 0 aliphatic carbocycles. The minimum absolute atomic E-state index is 0.0124. The predicted octanol–water partition coefficient (Wildman–Crippen LogP) is 2.53. The number of hydrogen-bond donors (Lipinski definition) is 1. The van der Waals surface area contributed by atoms with Gasteiger partial charge in [0.25, 0.3) is 0 Å². The number of ether oxygens (including phenoxy) is 3. The van der Waals surface area contributed by atoms with Gasteiger partial charge in [-0.15, -0.1) is 0 Å². The quantitative estimate of drug-likeness (QED) is 0.878. The molecular formula is C14H11ClO6. The SMILES string of the molecule is COC(=O)c1ccc(C(O)c2cc(Cl)c3c(c2)OCO3)o1. The average molecular weight is 311 g/mol. The molecule has 3 rings (SSSR count). The number of methoxy groups -OCH3 is 1. The van der Waals surface area contributed by atoms with Crippen LogP contribution < -0.4 is 9.47 Å². The van der Waals surface area contributed by atoms with Crippen molar-refractivity contribution in [1.29, 1.82) is 0 Å². The maximum absolute atomic E-state index is 11.3. The molecule has 1 aromatic carbocycles. The summed E-state index contributed by atoms with van der Waals surface area (Å²) in [6.07, 6.45) is -1.09. The standard InChI is InChI=1S/C14H11ClO6/c1-18-14(17)10-3-2-9(21-10)12(16)7-4-8(15)13-11(5-7)19-6-20-13/h2-5,12,16H,6H2,1H3. The maximum Gasteiger partial charge on any atom is 0.373 e. The summed E-state index contributed by atoms with van der Waals surface area (Å²) < 4.78 is 20.3. The number of carbonyl (C=O) groups is 1. The van der Waals surface area contributed by atoms with Gasteiger partial charge in [0, 0.05) is 0 Å². The van der Waals surface area contributed by atoms with E-state index in [4.69, 9.17) is 25.5 Å². The predicted molar refractivity (Wildman–Crippen MR) is 71.7 cm³/mol. The van der Waals surface area contributed by atoms with Crippen LogP contribution in [0.25, 0.3) is 0 Å². The second-order valence-corrected chi connectivity index (χ2v) is 4.74. The second-order valence-electron chi connectivity index (χ2n) is 4.33. The molecule has 1 aromatic heterocycles. The van der Waals surface area contributed by atoms with Crippen molar-refractivity contribution in [2.45, 2.75) is 6.10 Å². The second kappa shape index (κ2) is 5.31. The van der Waals surface area contributed by atoms with Crippen LogP contribution in [-0.2, 0) is 4.74 Å². The van der Waals surface area contributed by atoms with E-state index >= 15 is 0 Å². The van der Waals surface area contributed by atoms with Crippen molar-refractivity contribution >= 4 is 17.6 Å². The number of carbonyl (C=O) groups excluding carboxylic acids is 1. The van der Waals surface area contributed by atoms with Crippen LogP contribution >= 0.6 is 11.6 Å². The molecule has 0 fully saturated rings. The molecule has 1 aliphatic rings. The Morgan fingerprint density at radius 1 is 1.38 bits per heavy atom. The van der Waals surface area contributed by atoms with Gasteiger partial charge in [-0.3, -0.25) is 0 Å².